The maximum absolute atomic E-state index is 12.3. The van der Waals surface area contributed by atoms with E-state index in [0.29, 0.717) is 45.2 Å². The van der Waals surface area contributed by atoms with E-state index in [4.69, 9.17) is 19.4 Å². The largest absolute Gasteiger partial charge is 0.468 e. The first-order chi connectivity index (χ1) is 16.0. The number of aromatic nitrogens is 2. The van der Waals surface area contributed by atoms with Crippen LogP contribution in [0.1, 0.15) is 37.6 Å². The molecule has 1 aromatic heterocycles. The molecule has 0 radical (unpaired) electrons. The average Bonchev–Trinajstić information content (AvgIpc) is 2.84. The van der Waals surface area contributed by atoms with Crippen molar-refractivity contribution in [2.45, 2.75) is 45.7 Å². The fourth-order valence-electron chi connectivity index (χ4n) is 4.72. The highest BCUT2D eigenvalue weighted by atomic mass is 16.6. The summed E-state index contributed by atoms with van der Waals surface area (Å²) in [5.74, 6) is 1.39. The number of ether oxygens (including phenoxy) is 2. The maximum Gasteiger partial charge on any atom is 0.409 e. The van der Waals surface area contributed by atoms with Crippen molar-refractivity contribution in [3.8, 4) is 0 Å². The zero-order chi connectivity index (χ0) is 23.4. The molecule has 2 aliphatic heterocycles. The number of piperidine rings is 1. The van der Waals surface area contributed by atoms with Gasteiger partial charge in [-0.05, 0) is 44.9 Å². The van der Waals surface area contributed by atoms with Gasteiger partial charge in [-0.1, -0.05) is 18.6 Å². The zero-order valence-corrected chi connectivity index (χ0v) is 19.7. The van der Waals surface area contributed by atoms with Crippen LogP contribution in [0.5, 0.6) is 0 Å². The van der Waals surface area contributed by atoms with E-state index in [0.717, 1.165) is 48.1 Å². The van der Waals surface area contributed by atoms with Gasteiger partial charge in [0.1, 0.15) is 17.7 Å². The monoisotopic (exact) mass is 455 g/mol. The van der Waals surface area contributed by atoms with Crippen molar-refractivity contribution in [3.63, 3.8) is 0 Å². The van der Waals surface area contributed by atoms with E-state index in [1.165, 1.54) is 7.11 Å². The van der Waals surface area contributed by atoms with E-state index in [1.807, 2.05) is 13.0 Å². The number of nitrogens with zero attached hydrogens (tertiary/aromatic N) is 5. The number of fused-ring (bicyclic) bond motifs is 1. The predicted octanol–water partition coefficient (Wildman–Crippen LogP) is 2.74. The van der Waals surface area contributed by atoms with Crippen LogP contribution >= 0.6 is 0 Å². The van der Waals surface area contributed by atoms with Crippen LogP contribution in [0.3, 0.4) is 0 Å². The molecule has 178 valence electrons. The molecule has 9 nitrogen and oxygen atoms in total. The Kier molecular flexibility index (Phi) is 7.27. The topological polar surface area (TPSA) is 88.1 Å². The number of anilines is 1. The molecule has 0 spiro atoms. The Morgan fingerprint density at radius 2 is 1.88 bits per heavy atom. The lowest BCUT2D eigenvalue weighted by Crippen LogP contribution is -2.49. The standard InChI is InChI=1S/C24H33N5O4/c1-4-33-24(31)28-14-12-27(13-15-28)22-18-9-7-8-17(2)21(18)25-20(26-22)16-29-11-6-5-10-19(29)23(30)32-3/h7-9,19H,4-6,10-16H2,1-3H3. The van der Waals surface area contributed by atoms with Crippen LogP contribution in [0.4, 0.5) is 10.6 Å². The number of amides is 1. The third-order valence-electron chi connectivity index (χ3n) is 6.49. The summed E-state index contributed by atoms with van der Waals surface area (Å²) in [6.07, 6.45) is 2.59. The van der Waals surface area contributed by atoms with E-state index in [9.17, 15) is 9.59 Å². The molecule has 2 saturated heterocycles. The second-order valence-corrected chi connectivity index (χ2v) is 8.61. The minimum absolute atomic E-state index is 0.193. The molecular weight excluding hydrogens is 422 g/mol. The molecule has 33 heavy (non-hydrogen) atoms. The zero-order valence-electron chi connectivity index (χ0n) is 19.7. The average molecular weight is 456 g/mol. The number of hydrogen-bond donors (Lipinski definition) is 0. The maximum atomic E-state index is 12.3. The Bertz CT molecular complexity index is 1010. The van der Waals surface area contributed by atoms with E-state index in [1.54, 1.807) is 4.90 Å². The van der Waals surface area contributed by atoms with Gasteiger partial charge >= 0.3 is 12.1 Å². The van der Waals surface area contributed by atoms with Gasteiger partial charge < -0.3 is 19.3 Å². The number of esters is 1. The second-order valence-electron chi connectivity index (χ2n) is 8.61. The molecule has 2 aromatic rings. The van der Waals surface area contributed by atoms with Gasteiger partial charge in [0, 0.05) is 31.6 Å². The molecule has 0 N–H and O–H groups in total. The van der Waals surface area contributed by atoms with Crippen LogP contribution in [0.15, 0.2) is 18.2 Å². The predicted molar refractivity (Wildman–Crippen MR) is 125 cm³/mol. The summed E-state index contributed by atoms with van der Waals surface area (Å²) in [7, 11) is 1.44. The summed E-state index contributed by atoms with van der Waals surface area (Å²) in [5.41, 5.74) is 2.02. The van der Waals surface area contributed by atoms with Gasteiger partial charge in [0.2, 0.25) is 0 Å². The third kappa shape index (κ3) is 5.03. The van der Waals surface area contributed by atoms with Crippen LogP contribution in [0, 0.1) is 6.92 Å². The number of benzene rings is 1. The van der Waals surface area contributed by atoms with Gasteiger partial charge in [0.15, 0.2) is 0 Å². The van der Waals surface area contributed by atoms with Crippen molar-refractivity contribution < 1.29 is 19.1 Å². The van der Waals surface area contributed by atoms with Crippen molar-refractivity contribution in [3.05, 3.63) is 29.6 Å². The van der Waals surface area contributed by atoms with Crippen LogP contribution in [-0.2, 0) is 20.8 Å². The van der Waals surface area contributed by atoms with Crippen LogP contribution in [-0.4, -0.2) is 84.3 Å². The normalized spacial score (nSPS) is 19.5. The van der Waals surface area contributed by atoms with Crippen LogP contribution < -0.4 is 4.90 Å². The highest BCUT2D eigenvalue weighted by Gasteiger charge is 2.31. The van der Waals surface area contributed by atoms with Crippen molar-refractivity contribution >= 4 is 28.8 Å². The van der Waals surface area contributed by atoms with E-state index >= 15 is 0 Å². The number of para-hydroxylation sites is 1. The molecule has 1 unspecified atom stereocenters. The molecule has 0 bridgehead atoms. The van der Waals surface area contributed by atoms with Crippen molar-refractivity contribution in [1.29, 1.82) is 0 Å². The Morgan fingerprint density at radius 3 is 2.61 bits per heavy atom. The fourth-order valence-corrected chi connectivity index (χ4v) is 4.72. The first-order valence-corrected chi connectivity index (χ1v) is 11.8. The summed E-state index contributed by atoms with van der Waals surface area (Å²) in [6.45, 7) is 8.09. The van der Waals surface area contributed by atoms with Gasteiger partial charge in [-0.2, -0.15) is 0 Å². The molecule has 0 aliphatic carbocycles. The molecular formula is C24H33N5O4. The summed E-state index contributed by atoms with van der Waals surface area (Å²) in [4.78, 5) is 40.4. The number of aryl methyl sites for hydroxylation is 1. The first kappa shape index (κ1) is 23.2. The summed E-state index contributed by atoms with van der Waals surface area (Å²) < 4.78 is 10.2. The molecule has 1 amide bonds. The van der Waals surface area contributed by atoms with Crippen molar-refractivity contribution in [1.82, 2.24) is 19.8 Å². The van der Waals surface area contributed by atoms with Crippen molar-refractivity contribution in [2.24, 2.45) is 0 Å². The number of carbonyl (C=O) groups excluding carboxylic acids is 2. The van der Waals surface area contributed by atoms with Gasteiger partial charge in [0.05, 0.1) is 25.8 Å². The van der Waals surface area contributed by atoms with Crippen LogP contribution in [0.2, 0.25) is 0 Å². The number of piperazine rings is 1. The SMILES string of the molecule is CCOC(=O)N1CCN(c2nc(CN3CCCCC3C(=O)OC)nc3c(C)cccc23)CC1. The lowest BCUT2D eigenvalue weighted by Gasteiger charge is -2.36. The number of hydrogen-bond acceptors (Lipinski definition) is 8. The summed E-state index contributed by atoms with van der Waals surface area (Å²) in [6, 6.07) is 5.88. The Labute approximate surface area is 194 Å². The van der Waals surface area contributed by atoms with Crippen molar-refractivity contribution in [2.75, 3.05) is 51.3 Å². The van der Waals surface area contributed by atoms with Gasteiger partial charge in [-0.3, -0.25) is 9.69 Å². The number of carbonyl (C=O) groups is 2. The molecule has 0 saturated carbocycles. The minimum Gasteiger partial charge on any atom is -0.468 e. The Hall–Kier alpha value is -2.94. The summed E-state index contributed by atoms with van der Waals surface area (Å²) in [5, 5.41) is 1.01. The van der Waals surface area contributed by atoms with E-state index < -0.39 is 0 Å². The fraction of sp³-hybridized carbons (Fsp3) is 0.583. The number of rotatable bonds is 5. The third-order valence-corrected chi connectivity index (χ3v) is 6.49. The van der Waals surface area contributed by atoms with Crippen LogP contribution in [0.25, 0.3) is 10.9 Å². The highest BCUT2D eigenvalue weighted by molar-refractivity contribution is 5.91. The van der Waals surface area contributed by atoms with Gasteiger partial charge in [-0.25, -0.2) is 14.8 Å². The molecule has 2 aliphatic rings. The Balaban J connectivity index is 1.61. The quantitative estimate of drug-likeness (QED) is 0.636. The molecule has 3 heterocycles. The van der Waals surface area contributed by atoms with E-state index in [2.05, 4.69) is 28.9 Å². The number of likely N-dealkylation sites (tertiary alicyclic amines) is 1. The van der Waals surface area contributed by atoms with E-state index in [-0.39, 0.29) is 18.1 Å². The van der Waals surface area contributed by atoms with Gasteiger partial charge in [-0.15, -0.1) is 0 Å². The lowest BCUT2D eigenvalue weighted by molar-refractivity contribution is -0.148. The molecule has 2 fully saturated rings. The Morgan fingerprint density at radius 1 is 1.09 bits per heavy atom. The molecule has 9 heteroatoms. The van der Waals surface area contributed by atoms with Gasteiger partial charge in [0.25, 0.3) is 0 Å². The smallest absolute Gasteiger partial charge is 0.409 e. The number of methoxy groups -OCH3 is 1. The first-order valence-electron chi connectivity index (χ1n) is 11.8. The second kappa shape index (κ2) is 10.3. The molecule has 4 rings (SSSR count). The minimum atomic E-state index is -0.264. The molecule has 1 atom stereocenters. The highest BCUT2D eigenvalue weighted by Crippen LogP contribution is 2.28. The summed E-state index contributed by atoms with van der Waals surface area (Å²) >= 11 is 0. The molecule has 1 aromatic carbocycles. The lowest BCUT2D eigenvalue weighted by atomic mass is 10.0.